The van der Waals surface area contributed by atoms with Crippen molar-refractivity contribution >= 4 is 33.3 Å². The smallest absolute Gasteiger partial charge is 0.229 e. The number of aryl methyl sites for hydroxylation is 2. The number of hydrogen-bond acceptors (Lipinski definition) is 7. The quantitative estimate of drug-likeness (QED) is 0.283. The molecule has 184 valence electrons. The molecule has 0 spiro atoms. The maximum Gasteiger partial charge on any atom is 0.229 e. The van der Waals surface area contributed by atoms with Crippen LogP contribution in [0.2, 0.25) is 0 Å². The summed E-state index contributed by atoms with van der Waals surface area (Å²) in [6.07, 6.45) is 2.40. The number of fused-ring (bicyclic) bond motifs is 4. The van der Waals surface area contributed by atoms with Crippen LogP contribution in [0.3, 0.4) is 0 Å². The van der Waals surface area contributed by atoms with Crippen LogP contribution < -0.4 is 4.74 Å². The molecular formula is C30H22O7. The monoisotopic (exact) mass is 494 g/mol. The number of methoxy groups -OCH3 is 1. The van der Waals surface area contributed by atoms with Gasteiger partial charge in [0, 0.05) is 38.6 Å². The van der Waals surface area contributed by atoms with Gasteiger partial charge in [-0.3, -0.25) is 9.59 Å². The summed E-state index contributed by atoms with van der Waals surface area (Å²) in [4.78, 5) is 26.5. The first kappa shape index (κ1) is 22.0. The molecule has 7 heteroatoms. The molecule has 0 bridgehead atoms. The van der Waals surface area contributed by atoms with Gasteiger partial charge in [-0.05, 0) is 30.4 Å². The summed E-state index contributed by atoms with van der Waals surface area (Å²) in [5.74, 6) is 0.197. The summed E-state index contributed by atoms with van der Waals surface area (Å²) in [5, 5.41) is 2.79. The third-order valence-electron chi connectivity index (χ3n) is 7.39. The van der Waals surface area contributed by atoms with E-state index in [1.165, 1.54) is 6.26 Å². The Bertz CT molecular complexity index is 1790. The van der Waals surface area contributed by atoms with Gasteiger partial charge >= 0.3 is 0 Å². The van der Waals surface area contributed by atoms with Crippen molar-refractivity contribution in [3.8, 4) is 5.75 Å². The molecule has 1 atom stereocenters. The molecule has 0 saturated heterocycles. The van der Waals surface area contributed by atoms with Gasteiger partial charge in [-0.15, -0.1) is 0 Å². The Balaban J connectivity index is 1.31. The van der Waals surface area contributed by atoms with Gasteiger partial charge in [0.05, 0.1) is 38.4 Å². The van der Waals surface area contributed by atoms with Crippen LogP contribution in [0.5, 0.6) is 5.75 Å². The zero-order valence-corrected chi connectivity index (χ0v) is 20.5. The average molecular weight is 494 g/mol. The predicted octanol–water partition coefficient (Wildman–Crippen LogP) is 6.33. The third-order valence-corrected chi connectivity index (χ3v) is 7.39. The number of carbonyl (C=O) groups is 2. The molecule has 2 aliphatic rings. The van der Waals surface area contributed by atoms with E-state index in [-0.39, 0.29) is 29.5 Å². The number of benzene rings is 3. The maximum atomic E-state index is 13.5. The summed E-state index contributed by atoms with van der Waals surface area (Å²) in [7, 11) is 1.63. The minimum atomic E-state index is -0.726. The second-order valence-electron chi connectivity index (χ2n) is 9.48. The topological polar surface area (TPSA) is 88.1 Å². The van der Waals surface area contributed by atoms with Gasteiger partial charge in [0.25, 0.3) is 0 Å². The van der Waals surface area contributed by atoms with Crippen LogP contribution in [-0.2, 0) is 22.7 Å². The molecule has 1 aliphatic carbocycles. The fourth-order valence-electron chi connectivity index (χ4n) is 5.73. The Morgan fingerprint density at radius 1 is 0.919 bits per heavy atom. The van der Waals surface area contributed by atoms with E-state index in [4.69, 9.17) is 23.0 Å². The summed E-state index contributed by atoms with van der Waals surface area (Å²) in [5.41, 5.74) is 5.77. The lowest BCUT2D eigenvalue weighted by molar-refractivity contribution is -0.162. The molecule has 5 aromatic rings. The van der Waals surface area contributed by atoms with Crippen LogP contribution in [0.4, 0.5) is 0 Å². The second-order valence-corrected chi connectivity index (χ2v) is 9.48. The molecule has 0 amide bonds. The molecule has 0 radical (unpaired) electrons. The van der Waals surface area contributed by atoms with Crippen molar-refractivity contribution in [3.63, 3.8) is 0 Å². The van der Waals surface area contributed by atoms with Crippen LogP contribution in [0.15, 0.2) is 57.8 Å². The van der Waals surface area contributed by atoms with Gasteiger partial charge in [-0.2, -0.15) is 0 Å². The zero-order chi connectivity index (χ0) is 25.4. The van der Waals surface area contributed by atoms with E-state index in [9.17, 15) is 9.59 Å². The van der Waals surface area contributed by atoms with Crippen molar-refractivity contribution in [2.75, 3.05) is 7.11 Å². The number of ketones is 2. The first-order chi connectivity index (χ1) is 18.0. The molecule has 7 rings (SSSR count). The molecule has 0 N–H and O–H groups in total. The molecule has 7 nitrogen and oxygen atoms in total. The molecule has 3 heterocycles. The van der Waals surface area contributed by atoms with E-state index in [2.05, 4.69) is 0 Å². The predicted molar refractivity (Wildman–Crippen MR) is 134 cm³/mol. The fourth-order valence-corrected chi connectivity index (χ4v) is 5.73. The van der Waals surface area contributed by atoms with Crippen molar-refractivity contribution in [2.24, 2.45) is 0 Å². The van der Waals surface area contributed by atoms with Crippen LogP contribution >= 0.6 is 0 Å². The molecule has 2 aromatic heterocycles. The van der Waals surface area contributed by atoms with E-state index in [0.29, 0.717) is 34.6 Å². The highest BCUT2D eigenvalue weighted by Crippen LogP contribution is 2.48. The number of rotatable bonds is 4. The van der Waals surface area contributed by atoms with E-state index in [0.717, 1.165) is 38.4 Å². The molecule has 1 aliphatic heterocycles. The third kappa shape index (κ3) is 2.95. The van der Waals surface area contributed by atoms with E-state index in [1.54, 1.807) is 25.5 Å². The lowest BCUT2D eigenvalue weighted by atomic mass is 9.84. The molecule has 37 heavy (non-hydrogen) atoms. The normalized spacial score (nSPS) is 16.4. The van der Waals surface area contributed by atoms with Gasteiger partial charge in [-0.1, -0.05) is 36.4 Å². The SMILES string of the molecule is COc1c2cccc(C)c2c2c3c(coc13)COC2OCc1coc2c1C(=O)c1c(C)cccc1C2=O. The zero-order valence-electron chi connectivity index (χ0n) is 20.5. The minimum absolute atomic E-state index is 0.0256. The summed E-state index contributed by atoms with van der Waals surface area (Å²) < 4.78 is 29.7. The number of ether oxygens (including phenoxy) is 3. The van der Waals surface area contributed by atoms with Crippen molar-refractivity contribution < 1.29 is 32.6 Å². The van der Waals surface area contributed by atoms with Crippen LogP contribution in [0.1, 0.15) is 66.1 Å². The molecule has 3 aromatic carbocycles. The van der Waals surface area contributed by atoms with E-state index < -0.39 is 6.29 Å². The number of furan rings is 2. The maximum absolute atomic E-state index is 13.5. The fraction of sp³-hybridized carbons (Fsp3) is 0.200. The van der Waals surface area contributed by atoms with Gasteiger partial charge in [0.15, 0.2) is 29.2 Å². The largest absolute Gasteiger partial charge is 0.492 e. The van der Waals surface area contributed by atoms with Crippen molar-refractivity contribution in [1.82, 2.24) is 0 Å². The Morgan fingerprint density at radius 3 is 2.57 bits per heavy atom. The van der Waals surface area contributed by atoms with Gasteiger partial charge < -0.3 is 23.0 Å². The lowest BCUT2D eigenvalue weighted by Gasteiger charge is -2.26. The first-order valence-electron chi connectivity index (χ1n) is 12.0. The first-order valence-corrected chi connectivity index (χ1v) is 12.0. The van der Waals surface area contributed by atoms with Crippen molar-refractivity contribution in [3.05, 3.63) is 99.2 Å². The Morgan fingerprint density at radius 2 is 1.73 bits per heavy atom. The highest BCUT2D eigenvalue weighted by atomic mass is 16.7. The van der Waals surface area contributed by atoms with Crippen LogP contribution in [0, 0.1) is 13.8 Å². The molecule has 0 saturated carbocycles. The summed E-state index contributed by atoms with van der Waals surface area (Å²) >= 11 is 0. The average Bonchev–Trinajstić information content (AvgIpc) is 3.52. The van der Waals surface area contributed by atoms with Gasteiger partial charge in [0.1, 0.15) is 0 Å². The van der Waals surface area contributed by atoms with Crippen LogP contribution in [0.25, 0.3) is 21.7 Å². The number of hydrogen-bond donors (Lipinski definition) is 0. The van der Waals surface area contributed by atoms with E-state index in [1.807, 2.05) is 38.1 Å². The van der Waals surface area contributed by atoms with Gasteiger partial charge in [-0.25, -0.2) is 0 Å². The molecule has 0 fully saturated rings. The summed E-state index contributed by atoms with van der Waals surface area (Å²) in [6.45, 7) is 4.19. The number of carbonyl (C=O) groups excluding carboxylic acids is 2. The van der Waals surface area contributed by atoms with Crippen LogP contribution in [-0.4, -0.2) is 18.7 Å². The highest BCUT2D eigenvalue weighted by molar-refractivity contribution is 6.28. The second kappa shape index (κ2) is 7.90. The molecular weight excluding hydrogens is 472 g/mol. The van der Waals surface area contributed by atoms with Crippen molar-refractivity contribution in [2.45, 2.75) is 33.4 Å². The highest BCUT2D eigenvalue weighted by Gasteiger charge is 2.37. The Kier molecular flexibility index (Phi) is 4.70. The van der Waals surface area contributed by atoms with E-state index >= 15 is 0 Å². The minimum Gasteiger partial charge on any atom is -0.492 e. The molecule has 1 unspecified atom stereocenters. The summed E-state index contributed by atoms with van der Waals surface area (Å²) in [6, 6.07) is 11.2. The van der Waals surface area contributed by atoms with Crippen molar-refractivity contribution in [1.29, 1.82) is 0 Å². The van der Waals surface area contributed by atoms with Gasteiger partial charge in [0.2, 0.25) is 5.78 Å². The Hall–Kier alpha value is -4.20. The lowest BCUT2D eigenvalue weighted by Crippen LogP contribution is -2.22. The standard InChI is InChI=1S/C30H22O7/c1-14-6-5-9-19-20(14)24-22-16(10-35-29(22)27(19)33-3)12-36-30(24)37-13-17-11-34-28-23(17)26(32)21-15(2)7-4-8-18(21)25(28)31/h4-11,30H,12-13H2,1-3H3. The Labute approximate surface area is 211 Å².